The third-order valence-corrected chi connectivity index (χ3v) is 6.51. The third-order valence-electron chi connectivity index (χ3n) is 3.55. The van der Waals surface area contributed by atoms with Crippen molar-refractivity contribution < 1.29 is 8.42 Å². The summed E-state index contributed by atoms with van der Waals surface area (Å²) >= 11 is 1.89. The molecule has 0 aromatic carbocycles. The maximum absolute atomic E-state index is 11.9. The zero-order valence-electron chi connectivity index (χ0n) is 10.4. The average Bonchev–Trinajstić information content (AvgIpc) is 2.88. The molecule has 0 bridgehead atoms. The normalized spacial score (nSPS) is 34.3. The van der Waals surface area contributed by atoms with Crippen LogP contribution in [0.2, 0.25) is 0 Å². The Morgan fingerprint density at radius 3 is 2.88 bits per heavy atom. The van der Waals surface area contributed by atoms with Gasteiger partial charge in [-0.15, -0.1) is 0 Å². The second-order valence-corrected chi connectivity index (χ2v) is 8.83. The Hall–Kier alpha value is 0.220. The number of rotatable bonds is 5. The van der Waals surface area contributed by atoms with Crippen molar-refractivity contribution >= 4 is 21.8 Å². The van der Waals surface area contributed by atoms with Gasteiger partial charge in [0.1, 0.15) is 0 Å². The minimum absolute atomic E-state index is 0.107. The molecule has 100 valence electrons. The molecule has 0 saturated carbocycles. The molecule has 2 atom stereocenters. The molecule has 2 unspecified atom stereocenters. The van der Waals surface area contributed by atoms with Gasteiger partial charge in [-0.3, -0.25) is 0 Å². The SMILES string of the molecule is CC1(CNS(=O)(=O)CC2CCCN2)CCCS1. The lowest BCUT2D eigenvalue weighted by Crippen LogP contribution is -2.41. The van der Waals surface area contributed by atoms with Crippen LogP contribution < -0.4 is 10.0 Å². The average molecular weight is 278 g/mol. The molecule has 2 fully saturated rings. The molecule has 4 nitrogen and oxygen atoms in total. The van der Waals surface area contributed by atoms with Gasteiger partial charge in [0.25, 0.3) is 0 Å². The van der Waals surface area contributed by atoms with Crippen molar-refractivity contribution in [1.29, 1.82) is 0 Å². The fraction of sp³-hybridized carbons (Fsp3) is 1.00. The smallest absolute Gasteiger partial charge is 0.213 e. The topological polar surface area (TPSA) is 58.2 Å². The summed E-state index contributed by atoms with van der Waals surface area (Å²) in [5, 5.41) is 3.23. The van der Waals surface area contributed by atoms with E-state index in [-0.39, 0.29) is 16.5 Å². The van der Waals surface area contributed by atoms with Gasteiger partial charge in [-0.2, -0.15) is 11.8 Å². The van der Waals surface area contributed by atoms with Gasteiger partial charge in [-0.05, 0) is 44.9 Å². The Morgan fingerprint density at radius 1 is 1.47 bits per heavy atom. The number of sulfonamides is 1. The molecule has 2 N–H and O–H groups in total. The molecule has 2 heterocycles. The Labute approximate surface area is 108 Å². The molecule has 2 rings (SSSR count). The van der Waals surface area contributed by atoms with Crippen molar-refractivity contribution in [3.05, 3.63) is 0 Å². The highest BCUT2D eigenvalue weighted by molar-refractivity contribution is 8.01. The highest BCUT2D eigenvalue weighted by atomic mass is 32.2. The van der Waals surface area contributed by atoms with Gasteiger partial charge in [-0.1, -0.05) is 0 Å². The van der Waals surface area contributed by atoms with E-state index in [1.165, 1.54) is 6.42 Å². The first kappa shape index (κ1) is 13.6. The molecule has 2 saturated heterocycles. The lowest BCUT2D eigenvalue weighted by molar-refractivity contribution is 0.541. The number of hydrogen-bond acceptors (Lipinski definition) is 4. The van der Waals surface area contributed by atoms with Crippen LogP contribution in [0.5, 0.6) is 0 Å². The summed E-state index contributed by atoms with van der Waals surface area (Å²) in [5.74, 6) is 1.39. The Balaban J connectivity index is 1.80. The van der Waals surface area contributed by atoms with Crippen LogP contribution in [0.25, 0.3) is 0 Å². The number of nitrogens with one attached hydrogen (secondary N) is 2. The van der Waals surface area contributed by atoms with E-state index in [1.807, 2.05) is 11.8 Å². The predicted molar refractivity (Wildman–Crippen MR) is 72.9 cm³/mol. The summed E-state index contributed by atoms with van der Waals surface area (Å²) in [7, 11) is -3.12. The highest BCUT2D eigenvalue weighted by Gasteiger charge is 2.31. The summed E-state index contributed by atoms with van der Waals surface area (Å²) in [6, 6.07) is 0.150. The highest BCUT2D eigenvalue weighted by Crippen LogP contribution is 2.37. The van der Waals surface area contributed by atoms with Crippen molar-refractivity contribution in [2.75, 3.05) is 24.6 Å². The monoisotopic (exact) mass is 278 g/mol. The molecule has 0 aromatic heterocycles. The standard InChI is InChI=1S/C11H22N2O2S2/c1-11(5-3-7-16-11)9-13-17(14,15)8-10-4-2-6-12-10/h10,12-13H,2-9H2,1H3. The van der Waals surface area contributed by atoms with Gasteiger partial charge in [0.05, 0.1) is 5.75 Å². The molecule has 2 aliphatic heterocycles. The van der Waals surface area contributed by atoms with Crippen molar-refractivity contribution in [2.24, 2.45) is 0 Å². The number of thioether (sulfide) groups is 1. The van der Waals surface area contributed by atoms with Crippen LogP contribution in [0, 0.1) is 0 Å². The Morgan fingerprint density at radius 2 is 2.29 bits per heavy atom. The molecule has 0 aromatic rings. The predicted octanol–water partition coefficient (Wildman–Crippen LogP) is 0.943. The second-order valence-electron chi connectivity index (χ2n) is 5.30. The van der Waals surface area contributed by atoms with E-state index >= 15 is 0 Å². The molecule has 2 aliphatic rings. The van der Waals surface area contributed by atoms with E-state index in [9.17, 15) is 8.42 Å². The summed E-state index contributed by atoms with van der Waals surface area (Å²) in [6.45, 7) is 3.68. The van der Waals surface area contributed by atoms with Gasteiger partial charge >= 0.3 is 0 Å². The first-order valence-corrected chi connectivity index (χ1v) is 8.98. The van der Waals surface area contributed by atoms with Crippen molar-refractivity contribution in [3.63, 3.8) is 0 Å². The fourth-order valence-corrected chi connectivity index (χ4v) is 5.27. The van der Waals surface area contributed by atoms with Crippen molar-refractivity contribution in [3.8, 4) is 0 Å². The summed E-state index contributed by atoms with van der Waals surface area (Å²) in [4.78, 5) is 0. The van der Waals surface area contributed by atoms with E-state index in [0.717, 1.165) is 31.6 Å². The minimum Gasteiger partial charge on any atom is -0.313 e. The van der Waals surface area contributed by atoms with Crippen LogP contribution in [0.15, 0.2) is 0 Å². The summed E-state index contributed by atoms with van der Waals surface area (Å²) in [5.41, 5.74) is 0. The first-order chi connectivity index (χ1) is 7.99. The molecule has 0 radical (unpaired) electrons. The van der Waals surface area contributed by atoms with E-state index < -0.39 is 10.0 Å². The van der Waals surface area contributed by atoms with Gasteiger partial charge in [0.15, 0.2) is 0 Å². The lowest BCUT2D eigenvalue weighted by Gasteiger charge is -2.23. The molecule has 17 heavy (non-hydrogen) atoms. The summed E-state index contributed by atoms with van der Waals surface area (Å²) < 4.78 is 26.7. The quantitative estimate of drug-likeness (QED) is 0.786. The van der Waals surface area contributed by atoms with Gasteiger partial charge in [0, 0.05) is 17.3 Å². The van der Waals surface area contributed by atoms with Gasteiger partial charge in [-0.25, -0.2) is 13.1 Å². The van der Waals surface area contributed by atoms with Crippen LogP contribution in [-0.2, 0) is 10.0 Å². The maximum Gasteiger partial charge on any atom is 0.213 e. The molecular formula is C11H22N2O2S2. The van der Waals surface area contributed by atoms with Crippen molar-refractivity contribution in [2.45, 2.75) is 43.4 Å². The molecule has 0 amide bonds. The van der Waals surface area contributed by atoms with Crippen LogP contribution in [0.3, 0.4) is 0 Å². The lowest BCUT2D eigenvalue weighted by atomic mass is 10.1. The van der Waals surface area contributed by atoms with E-state index in [0.29, 0.717) is 6.54 Å². The third kappa shape index (κ3) is 4.12. The Bertz CT molecular complexity index is 344. The van der Waals surface area contributed by atoms with Crippen LogP contribution in [-0.4, -0.2) is 43.8 Å². The van der Waals surface area contributed by atoms with Crippen molar-refractivity contribution in [1.82, 2.24) is 10.0 Å². The largest absolute Gasteiger partial charge is 0.313 e. The van der Waals surface area contributed by atoms with Crippen LogP contribution in [0.4, 0.5) is 0 Å². The maximum atomic E-state index is 11.9. The second kappa shape index (κ2) is 5.47. The first-order valence-electron chi connectivity index (χ1n) is 6.34. The van der Waals surface area contributed by atoms with Crippen LogP contribution >= 0.6 is 11.8 Å². The van der Waals surface area contributed by atoms with Crippen LogP contribution in [0.1, 0.15) is 32.6 Å². The van der Waals surface area contributed by atoms with E-state index in [4.69, 9.17) is 0 Å². The minimum atomic E-state index is -3.12. The Kier molecular flexibility index (Phi) is 4.39. The molecular weight excluding hydrogens is 256 g/mol. The molecule has 0 aliphatic carbocycles. The van der Waals surface area contributed by atoms with E-state index in [2.05, 4.69) is 17.0 Å². The van der Waals surface area contributed by atoms with E-state index in [1.54, 1.807) is 0 Å². The van der Waals surface area contributed by atoms with Gasteiger partial charge in [0.2, 0.25) is 10.0 Å². The molecule has 6 heteroatoms. The zero-order valence-corrected chi connectivity index (χ0v) is 12.0. The van der Waals surface area contributed by atoms with Gasteiger partial charge < -0.3 is 5.32 Å². The zero-order chi connectivity index (χ0) is 12.4. The summed E-state index contributed by atoms with van der Waals surface area (Å²) in [6.07, 6.45) is 4.38. The number of hydrogen-bond donors (Lipinski definition) is 2. The fourth-order valence-electron chi connectivity index (χ4n) is 2.46. The molecule has 0 spiro atoms.